The van der Waals surface area contributed by atoms with E-state index >= 15 is 0 Å². The zero-order valence-electron chi connectivity index (χ0n) is 9.81. The molecule has 16 heavy (non-hydrogen) atoms. The first kappa shape index (κ1) is 11.9. The fourth-order valence-electron chi connectivity index (χ4n) is 2.46. The van der Waals surface area contributed by atoms with Gasteiger partial charge in [-0.05, 0) is 56.0 Å². The highest BCUT2D eigenvalue weighted by molar-refractivity contribution is 9.10. The Morgan fingerprint density at radius 1 is 1.38 bits per heavy atom. The van der Waals surface area contributed by atoms with E-state index in [1.54, 1.807) is 0 Å². The molecule has 1 aliphatic heterocycles. The van der Waals surface area contributed by atoms with Gasteiger partial charge < -0.3 is 10.4 Å². The highest BCUT2D eigenvalue weighted by Crippen LogP contribution is 2.37. The van der Waals surface area contributed by atoms with Gasteiger partial charge in [0.1, 0.15) is 5.75 Å². The Labute approximate surface area is 105 Å². The van der Waals surface area contributed by atoms with E-state index in [0.717, 1.165) is 28.6 Å². The van der Waals surface area contributed by atoms with Crippen molar-refractivity contribution >= 4 is 15.9 Å². The van der Waals surface area contributed by atoms with Gasteiger partial charge in [-0.2, -0.15) is 0 Å². The molecule has 1 aromatic carbocycles. The Morgan fingerprint density at radius 3 is 2.75 bits per heavy atom. The minimum atomic E-state index is 0.384. The number of piperidine rings is 1. The summed E-state index contributed by atoms with van der Waals surface area (Å²) in [6.45, 7) is 5.01. The number of halogens is 1. The van der Waals surface area contributed by atoms with Crippen LogP contribution in [-0.4, -0.2) is 11.7 Å². The molecular weight excluding hydrogens is 266 g/mol. The Balaban J connectivity index is 2.42. The Hall–Kier alpha value is -0.540. The van der Waals surface area contributed by atoms with Crippen LogP contribution in [0.3, 0.4) is 0 Å². The van der Waals surface area contributed by atoms with Gasteiger partial charge in [0.05, 0.1) is 0 Å². The lowest BCUT2D eigenvalue weighted by Gasteiger charge is -2.27. The minimum absolute atomic E-state index is 0.384. The predicted octanol–water partition coefficient (Wildman–Crippen LogP) is 3.59. The smallest absolute Gasteiger partial charge is 0.121 e. The molecule has 1 aromatic rings. The molecule has 0 aromatic heterocycles. The maximum absolute atomic E-state index is 9.99. The third kappa shape index (κ3) is 2.11. The topological polar surface area (TPSA) is 32.3 Å². The summed E-state index contributed by atoms with van der Waals surface area (Å²) in [5.74, 6) is 0.436. The highest BCUT2D eigenvalue weighted by atomic mass is 79.9. The number of phenols is 1. The van der Waals surface area contributed by atoms with Gasteiger partial charge >= 0.3 is 0 Å². The molecule has 1 atom stereocenters. The summed E-state index contributed by atoms with van der Waals surface area (Å²) in [4.78, 5) is 0. The maximum Gasteiger partial charge on any atom is 0.121 e. The molecule has 0 aliphatic carbocycles. The van der Waals surface area contributed by atoms with E-state index in [4.69, 9.17) is 0 Å². The number of hydrogen-bond donors (Lipinski definition) is 2. The SMILES string of the molecule is Cc1cc(Br)c(C2CCCCN2)c(C)c1O. The largest absolute Gasteiger partial charge is 0.507 e. The van der Waals surface area contributed by atoms with Crippen LogP contribution in [0.5, 0.6) is 5.75 Å². The molecule has 3 heteroatoms. The first-order chi connectivity index (χ1) is 7.61. The zero-order valence-corrected chi connectivity index (χ0v) is 11.4. The predicted molar refractivity (Wildman–Crippen MR) is 69.9 cm³/mol. The Bertz CT molecular complexity index is 397. The van der Waals surface area contributed by atoms with Crippen molar-refractivity contribution in [1.29, 1.82) is 0 Å². The van der Waals surface area contributed by atoms with Gasteiger partial charge in [0.15, 0.2) is 0 Å². The van der Waals surface area contributed by atoms with Crippen molar-refractivity contribution in [2.24, 2.45) is 0 Å². The minimum Gasteiger partial charge on any atom is -0.507 e. The first-order valence-corrected chi connectivity index (χ1v) is 6.62. The van der Waals surface area contributed by atoms with Crippen LogP contribution in [0, 0.1) is 13.8 Å². The monoisotopic (exact) mass is 283 g/mol. The van der Waals surface area contributed by atoms with Gasteiger partial charge in [0.2, 0.25) is 0 Å². The highest BCUT2D eigenvalue weighted by Gasteiger charge is 2.21. The molecule has 2 N–H and O–H groups in total. The Morgan fingerprint density at radius 2 is 2.12 bits per heavy atom. The standard InChI is InChI=1S/C13H18BrNO/c1-8-7-10(14)12(9(2)13(8)16)11-5-3-4-6-15-11/h7,11,15-16H,3-6H2,1-2H3. The van der Waals surface area contributed by atoms with Crippen LogP contribution in [0.25, 0.3) is 0 Å². The molecule has 1 fully saturated rings. The number of aryl methyl sites for hydroxylation is 1. The average Bonchev–Trinajstić information content (AvgIpc) is 2.28. The quantitative estimate of drug-likeness (QED) is 0.826. The van der Waals surface area contributed by atoms with Crippen molar-refractivity contribution in [2.45, 2.75) is 39.2 Å². The number of phenolic OH excluding ortho intramolecular Hbond substituents is 1. The van der Waals surface area contributed by atoms with Crippen LogP contribution in [0.4, 0.5) is 0 Å². The molecule has 0 spiro atoms. The summed E-state index contributed by atoms with van der Waals surface area (Å²) in [7, 11) is 0. The number of rotatable bonds is 1. The molecule has 1 heterocycles. The van der Waals surface area contributed by atoms with Crippen molar-refractivity contribution in [3.63, 3.8) is 0 Å². The van der Waals surface area contributed by atoms with Crippen molar-refractivity contribution in [2.75, 3.05) is 6.54 Å². The summed E-state index contributed by atoms with van der Waals surface area (Å²) in [6.07, 6.45) is 3.67. The fraction of sp³-hybridized carbons (Fsp3) is 0.538. The number of nitrogens with one attached hydrogen (secondary N) is 1. The zero-order chi connectivity index (χ0) is 11.7. The van der Waals surface area contributed by atoms with Crippen LogP contribution in [-0.2, 0) is 0 Å². The first-order valence-electron chi connectivity index (χ1n) is 5.83. The number of hydrogen-bond acceptors (Lipinski definition) is 2. The lowest BCUT2D eigenvalue weighted by molar-refractivity contribution is 0.405. The van der Waals surface area contributed by atoms with E-state index < -0.39 is 0 Å². The molecule has 1 unspecified atom stereocenters. The van der Waals surface area contributed by atoms with E-state index in [9.17, 15) is 5.11 Å². The molecule has 0 bridgehead atoms. The molecule has 0 saturated carbocycles. The average molecular weight is 284 g/mol. The van der Waals surface area contributed by atoms with Gasteiger partial charge in [-0.1, -0.05) is 22.4 Å². The van der Waals surface area contributed by atoms with Gasteiger partial charge in [0, 0.05) is 10.5 Å². The van der Waals surface area contributed by atoms with Crippen LogP contribution in [0.15, 0.2) is 10.5 Å². The van der Waals surface area contributed by atoms with Gasteiger partial charge in [-0.25, -0.2) is 0 Å². The second-order valence-electron chi connectivity index (χ2n) is 4.57. The fourth-order valence-corrected chi connectivity index (χ4v) is 3.38. The summed E-state index contributed by atoms with van der Waals surface area (Å²) in [5, 5.41) is 13.5. The number of aromatic hydroxyl groups is 1. The van der Waals surface area contributed by atoms with Crippen LogP contribution in [0.2, 0.25) is 0 Å². The van der Waals surface area contributed by atoms with Crippen molar-refractivity contribution in [1.82, 2.24) is 5.32 Å². The molecule has 0 radical (unpaired) electrons. The van der Waals surface area contributed by atoms with Gasteiger partial charge in [0.25, 0.3) is 0 Å². The molecular formula is C13H18BrNO. The third-order valence-electron chi connectivity index (χ3n) is 3.39. The summed E-state index contributed by atoms with van der Waals surface area (Å²) in [5.41, 5.74) is 3.16. The van der Waals surface area contributed by atoms with E-state index in [-0.39, 0.29) is 0 Å². The molecule has 1 aliphatic rings. The van der Waals surface area contributed by atoms with Crippen LogP contribution < -0.4 is 5.32 Å². The lowest BCUT2D eigenvalue weighted by Crippen LogP contribution is -2.27. The van der Waals surface area contributed by atoms with Crippen molar-refractivity contribution < 1.29 is 5.11 Å². The Kier molecular flexibility index (Phi) is 3.55. The second-order valence-corrected chi connectivity index (χ2v) is 5.42. The maximum atomic E-state index is 9.99. The van der Waals surface area contributed by atoms with E-state index in [0.29, 0.717) is 11.8 Å². The van der Waals surface area contributed by atoms with Crippen molar-refractivity contribution in [3.8, 4) is 5.75 Å². The van der Waals surface area contributed by atoms with Crippen molar-refractivity contribution in [3.05, 3.63) is 27.2 Å². The molecule has 1 saturated heterocycles. The van der Waals surface area contributed by atoms with Crippen LogP contribution in [0.1, 0.15) is 42.0 Å². The number of benzene rings is 1. The van der Waals surface area contributed by atoms with Crippen LogP contribution >= 0.6 is 15.9 Å². The molecule has 2 nitrogen and oxygen atoms in total. The van der Waals surface area contributed by atoms with Gasteiger partial charge in [-0.15, -0.1) is 0 Å². The van der Waals surface area contributed by atoms with Gasteiger partial charge in [-0.3, -0.25) is 0 Å². The summed E-state index contributed by atoms with van der Waals surface area (Å²) in [6, 6.07) is 2.39. The van der Waals surface area contributed by atoms with E-state index in [1.165, 1.54) is 18.4 Å². The second kappa shape index (κ2) is 4.76. The van der Waals surface area contributed by atoms with E-state index in [1.807, 2.05) is 19.9 Å². The molecule has 0 amide bonds. The summed E-state index contributed by atoms with van der Waals surface area (Å²) >= 11 is 3.62. The third-order valence-corrected chi connectivity index (χ3v) is 4.05. The lowest BCUT2D eigenvalue weighted by atomic mass is 9.92. The molecule has 2 rings (SSSR count). The van der Waals surface area contributed by atoms with E-state index in [2.05, 4.69) is 21.2 Å². The normalized spacial score (nSPS) is 21.1. The summed E-state index contributed by atoms with van der Waals surface area (Å²) < 4.78 is 1.11. The molecule has 88 valence electrons.